The molecule has 0 radical (unpaired) electrons. The smallest absolute Gasteiger partial charge is 0.246 e. The molecule has 0 aromatic carbocycles. The van der Waals surface area contributed by atoms with E-state index in [0.717, 1.165) is 12.1 Å². The van der Waals surface area contributed by atoms with Crippen LogP contribution in [0.1, 0.15) is 33.1 Å². The zero-order valence-corrected chi connectivity index (χ0v) is 9.75. The van der Waals surface area contributed by atoms with Gasteiger partial charge in [0.15, 0.2) is 0 Å². The predicted octanol–water partition coefficient (Wildman–Crippen LogP) is 0.227. The Morgan fingerprint density at radius 2 is 2.25 bits per heavy atom. The Hall–Kier alpha value is -1.52. The Morgan fingerprint density at radius 3 is 2.75 bits per heavy atom. The van der Waals surface area contributed by atoms with Gasteiger partial charge in [-0.2, -0.15) is 0 Å². The summed E-state index contributed by atoms with van der Waals surface area (Å²) in [6.45, 7) is 4.18. The van der Waals surface area contributed by atoms with Gasteiger partial charge in [0.2, 0.25) is 11.8 Å². The van der Waals surface area contributed by atoms with Crippen molar-refractivity contribution in [1.29, 1.82) is 0 Å². The summed E-state index contributed by atoms with van der Waals surface area (Å²) in [5.41, 5.74) is 5.93. The molecule has 1 heterocycles. The van der Waals surface area contributed by atoms with Crippen molar-refractivity contribution in [3.05, 3.63) is 11.9 Å². The van der Waals surface area contributed by atoms with Crippen LogP contribution in [0.2, 0.25) is 0 Å². The summed E-state index contributed by atoms with van der Waals surface area (Å²) in [4.78, 5) is 22.2. The number of primary amides is 1. The summed E-state index contributed by atoms with van der Waals surface area (Å²) in [6, 6.07) is -0.344. The minimum atomic E-state index is -0.383. The van der Waals surface area contributed by atoms with Crippen LogP contribution in [0.5, 0.6) is 0 Å². The number of hydrogen-bond acceptors (Lipinski definition) is 3. The summed E-state index contributed by atoms with van der Waals surface area (Å²) in [5, 5.41) is 5.83. The lowest BCUT2D eigenvalue weighted by molar-refractivity contribution is -0.123. The second-order valence-corrected chi connectivity index (χ2v) is 4.48. The molecule has 5 nitrogen and oxygen atoms in total. The van der Waals surface area contributed by atoms with E-state index in [-0.39, 0.29) is 24.3 Å². The molecule has 0 saturated heterocycles. The summed E-state index contributed by atoms with van der Waals surface area (Å²) in [6.07, 6.45) is 3.30. The summed E-state index contributed by atoms with van der Waals surface area (Å²) in [7, 11) is 0. The molecule has 1 aliphatic heterocycles. The van der Waals surface area contributed by atoms with Crippen molar-refractivity contribution in [2.24, 2.45) is 11.7 Å². The van der Waals surface area contributed by atoms with Crippen molar-refractivity contribution in [3.63, 3.8) is 0 Å². The number of nitrogens with two attached hydrogens (primary N) is 1. The van der Waals surface area contributed by atoms with E-state index in [1.54, 1.807) is 0 Å². The van der Waals surface area contributed by atoms with Gasteiger partial charge >= 0.3 is 0 Å². The highest BCUT2D eigenvalue weighted by Crippen LogP contribution is 2.11. The van der Waals surface area contributed by atoms with Gasteiger partial charge in [-0.3, -0.25) is 9.59 Å². The zero-order chi connectivity index (χ0) is 12.1. The Morgan fingerprint density at radius 1 is 1.56 bits per heavy atom. The van der Waals surface area contributed by atoms with Crippen molar-refractivity contribution in [1.82, 2.24) is 10.6 Å². The van der Waals surface area contributed by atoms with Gasteiger partial charge in [0.1, 0.15) is 6.04 Å². The van der Waals surface area contributed by atoms with E-state index >= 15 is 0 Å². The molecule has 0 bridgehead atoms. The fourth-order valence-corrected chi connectivity index (χ4v) is 1.61. The Labute approximate surface area is 95.5 Å². The highest BCUT2D eigenvalue weighted by molar-refractivity contribution is 5.85. The fraction of sp³-hybridized carbons (Fsp3) is 0.636. The summed E-state index contributed by atoms with van der Waals surface area (Å²) < 4.78 is 0. The molecule has 16 heavy (non-hydrogen) atoms. The van der Waals surface area contributed by atoms with Crippen molar-refractivity contribution in [3.8, 4) is 0 Å². The molecule has 2 amide bonds. The largest absolute Gasteiger partial charge is 0.378 e. The lowest BCUT2D eigenvalue weighted by Crippen LogP contribution is -2.46. The van der Waals surface area contributed by atoms with Crippen molar-refractivity contribution < 1.29 is 9.59 Å². The zero-order valence-electron chi connectivity index (χ0n) is 9.75. The SMILES string of the molecule is CC(C)CC1=CN[C@H](CCC(N)=O)C(=O)N1. The third kappa shape index (κ3) is 3.92. The first-order chi connectivity index (χ1) is 7.49. The molecule has 1 rings (SSSR count). The number of carbonyl (C=O) groups excluding carboxylic acids is 2. The lowest BCUT2D eigenvalue weighted by atomic mass is 10.0. The van der Waals surface area contributed by atoms with E-state index in [9.17, 15) is 9.59 Å². The van der Waals surface area contributed by atoms with E-state index in [1.165, 1.54) is 0 Å². The van der Waals surface area contributed by atoms with Gasteiger partial charge in [-0.1, -0.05) is 13.8 Å². The number of allylic oxidation sites excluding steroid dienone is 1. The Balaban J connectivity index is 2.46. The Kier molecular flexibility index (Phi) is 4.34. The van der Waals surface area contributed by atoms with Crippen molar-refractivity contribution >= 4 is 11.8 Å². The average molecular weight is 225 g/mol. The first-order valence-corrected chi connectivity index (χ1v) is 5.53. The number of hydrogen-bond donors (Lipinski definition) is 3. The summed E-state index contributed by atoms with van der Waals surface area (Å²) >= 11 is 0. The number of amides is 2. The van der Waals surface area contributed by atoms with Gasteiger partial charge in [0.25, 0.3) is 0 Å². The molecule has 0 aliphatic carbocycles. The summed E-state index contributed by atoms with van der Waals surface area (Å²) in [5.74, 6) is 0.0291. The van der Waals surface area contributed by atoms with E-state index in [2.05, 4.69) is 24.5 Å². The third-order valence-corrected chi connectivity index (χ3v) is 2.37. The van der Waals surface area contributed by atoms with Gasteiger partial charge in [-0.25, -0.2) is 0 Å². The van der Waals surface area contributed by atoms with E-state index < -0.39 is 0 Å². The molecule has 1 atom stereocenters. The lowest BCUT2D eigenvalue weighted by Gasteiger charge is -2.24. The predicted molar refractivity (Wildman–Crippen MR) is 61.0 cm³/mol. The first-order valence-electron chi connectivity index (χ1n) is 5.53. The van der Waals surface area contributed by atoms with Crippen LogP contribution >= 0.6 is 0 Å². The van der Waals surface area contributed by atoms with Gasteiger partial charge in [-0.05, 0) is 18.8 Å². The van der Waals surface area contributed by atoms with E-state index in [4.69, 9.17) is 5.73 Å². The molecule has 0 fully saturated rings. The maximum absolute atomic E-state index is 11.6. The number of carbonyl (C=O) groups is 2. The van der Waals surface area contributed by atoms with Crippen LogP contribution < -0.4 is 16.4 Å². The molecular weight excluding hydrogens is 206 g/mol. The normalized spacial score (nSPS) is 20.1. The molecule has 0 aromatic rings. The second-order valence-electron chi connectivity index (χ2n) is 4.48. The molecule has 0 unspecified atom stereocenters. The maximum Gasteiger partial charge on any atom is 0.246 e. The topological polar surface area (TPSA) is 84.2 Å². The molecular formula is C11H19N3O2. The monoisotopic (exact) mass is 225 g/mol. The van der Waals surface area contributed by atoms with Crippen LogP contribution in [-0.2, 0) is 9.59 Å². The quantitative estimate of drug-likeness (QED) is 0.626. The van der Waals surface area contributed by atoms with Crippen molar-refractivity contribution in [2.45, 2.75) is 39.2 Å². The van der Waals surface area contributed by atoms with Crippen LogP contribution in [0.3, 0.4) is 0 Å². The maximum atomic E-state index is 11.6. The third-order valence-electron chi connectivity index (χ3n) is 2.37. The molecule has 1 aliphatic rings. The highest BCUT2D eigenvalue weighted by Gasteiger charge is 2.22. The van der Waals surface area contributed by atoms with Crippen LogP contribution in [0.4, 0.5) is 0 Å². The second kappa shape index (κ2) is 5.53. The van der Waals surface area contributed by atoms with E-state index in [0.29, 0.717) is 12.3 Å². The van der Waals surface area contributed by atoms with Crippen LogP contribution in [0, 0.1) is 5.92 Å². The minimum Gasteiger partial charge on any atom is -0.378 e. The first kappa shape index (κ1) is 12.5. The molecule has 0 spiro atoms. The van der Waals surface area contributed by atoms with Gasteiger partial charge < -0.3 is 16.4 Å². The number of rotatable bonds is 5. The van der Waals surface area contributed by atoms with Gasteiger partial charge in [0.05, 0.1) is 0 Å². The molecule has 0 saturated carbocycles. The van der Waals surface area contributed by atoms with Crippen LogP contribution in [0.15, 0.2) is 11.9 Å². The average Bonchev–Trinajstić information content (AvgIpc) is 2.15. The van der Waals surface area contributed by atoms with Crippen LogP contribution in [0.25, 0.3) is 0 Å². The minimum absolute atomic E-state index is 0.0839. The van der Waals surface area contributed by atoms with Crippen LogP contribution in [-0.4, -0.2) is 17.9 Å². The molecule has 0 aromatic heterocycles. The van der Waals surface area contributed by atoms with Crippen molar-refractivity contribution in [2.75, 3.05) is 0 Å². The fourth-order valence-electron chi connectivity index (χ4n) is 1.61. The molecule has 5 heteroatoms. The number of nitrogens with one attached hydrogen (secondary N) is 2. The standard InChI is InChI=1S/C11H19N3O2/c1-7(2)5-8-6-13-9(11(16)14-8)3-4-10(12)15/h6-7,9,13H,3-5H2,1-2H3,(H2,12,15)(H,14,16)/t9-/m1/s1. The van der Waals surface area contributed by atoms with E-state index in [1.807, 2.05) is 6.20 Å². The highest BCUT2D eigenvalue weighted by atomic mass is 16.2. The molecule has 4 N–H and O–H groups in total. The van der Waals surface area contributed by atoms with Gasteiger partial charge in [-0.15, -0.1) is 0 Å². The molecule has 90 valence electrons. The Bertz CT molecular complexity index is 310. The van der Waals surface area contributed by atoms with Gasteiger partial charge in [0, 0.05) is 18.3 Å².